The van der Waals surface area contributed by atoms with Crippen LogP contribution in [-0.4, -0.2) is 40.9 Å². The monoisotopic (exact) mass is 432 g/mol. The van der Waals surface area contributed by atoms with E-state index in [1.54, 1.807) is 0 Å². The lowest BCUT2D eigenvalue weighted by Gasteiger charge is -2.61. The summed E-state index contributed by atoms with van der Waals surface area (Å²) in [5.74, 6) is 3.22. The number of ether oxygens (including phenoxy) is 2. The molecule has 13 atom stereocenters. The van der Waals surface area contributed by atoms with Crippen LogP contribution in [0.3, 0.4) is 0 Å². The molecular formula is C27H44O4. The lowest BCUT2D eigenvalue weighted by atomic mass is 9.44. The minimum Gasteiger partial charge on any atom is -0.393 e. The van der Waals surface area contributed by atoms with Crippen molar-refractivity contribution < 1.29 is 19.7 Å². The number of aliphatic hydroxyl groups excluding tert-OH is 2. The zero-order valence-corrected chi connectivity index (χ0v) is 20.1. The molecule has 4 nitrogen and oxygen atoms in total. The smallest absolute Gasteiger partial charge is 0.171 e. The van der Waals surface area contributed by atoms with Crippen molar-refractivity contribution in [1.82, 2.24) is 0 Å². The summed E-state index contributed by atoms with van der Waals surface area (Å²) in [5.41, 5.74) is 0.495. The third kappa shape index (κ3) is 2.74. The Morgan fingerprint density at radius 2 is 1.61 bits per heavy atom. The van der Waals surface area contributed by atoms with Crippen molar-refractivity contribution in [2.24, 2.45) is 52.3 Å². The molecule has 6 aliphatic rings. The first-order valence-corrected chi connectivity index (χ1v) is 13.4. The van der Waals surface area contributed by atoms with Gasteiger partial charge in [-0.1, -0.05) is 27.7 Å². The summed E-state index contributed by atoms with van der Waals surface area (Å²) in [6, 6.07) is 0. The topological polar surface area (TPSA) is 58.9 Å². The number of hydrogen-bond donors (Lipinski definition) is 2. The van der Waals surface area contributed by atoms with Crippen LogP contribution in [0.4, 0.5) is 0 Å². The zero-order chi connectivity index (χ0) is 21.8. The van der Waals surface area contributed by atoms with Gasteiger partial charge in [0.05, 0.1) is 24.9 Å². The molecule has 2 saturated heterocycles. The second kappa shape index (κ2) is 6.93. The fraction of sp³-hybridized carbons (Fsp3) is 1.00. The molecule has 4 aliphatic carbocycles. The maximum absolute atomic E-state index is 11.8. The SMILES string of the molecule is C[C@@H]1CC[C@]2(OC1)O[C@@H]1[C@@H](O)[C@H]3[C@@H]4CC[C@H]5C[C@@H](O)CC[C@]5(C)[C@H]4CC[C@]3(C)[C@H]1[C@@H]2C. The number of hydrogen-bond acceptors (Lipinski definition) is 4. The Hall–Kier alpha value is -0.160. The van der Waals surface area contributed by atoms with Crippen molar-refractivity contribution in [3.05, 3.63) is 0 Å². The second-order valence-corrected chi connectivity index (χ2v) is 13.2. The Kier molecular flexibility index (Phi) is 4.78. The Labute approximate surface area is 188 Å². The molecule has 0 bridgehead atoms. The van der Waals surface area contributed by atoms with Gasteiger partial charge in [0, 0.05) is 18.3 Å². The average Bonchev–Trinajstić information content (AvgIpc) is 3.14. The van der Waals surface area contributed by atoms with Crippen LogP contribution in [0.15, 0.2) is 0 Å². The van der Waals surface area contributed by atoms with Crippen LogP contribution in [0, 0.1) is 52.3 Å². The fourth-order valence-corrected chi connectivity index (χ4v) is 10.3. The lowest BCUT2D eigenvalue weighted by Crippen LogP contribution is -2.56. The molecule has 176 valence electrons. The normalized spacial score (nSPS) is 63.3. The van der Waals surface area contributed by atoms with Gasteiger partial charge in [-0.05, 0) is 91.8 Å². The summed E-state index contributed by atoms with van der Waals surface area (Å²) in [4.78, 5) is 0. The van der Waals surface area contributed by atoms with Crippen LogP contribution in [0.25, 0.3) is 0 Å². The average molecular weight is 433 g/mol. The summed E-state index contributed by atoms with van der Waals surface area (Å²) in [6.45, 7) is 10.4. The first kappa shape index (κ1) is 21.4. The van der Waals surface area contributed by atoms with Gasteiger partial charge in [-0.15, -0.1) is 0 Å². The van der Waals surface area contributed by atoms with Crippen molar-refractivity contribution in [3.63, 3.8) is 0 Å². The molecule has 0 aromatic carbocycles. The van der Waals surface area contributed by atoms with Crippen molar-refractivity contribution in [2.45, 2.75) is 110 Å². The van der Waals surface area contributed by atoms with E-state index in [-0.39, 0.29) is 23.7 Å². The van der Waals surface area contributed by atoms with Crippen molar-refractivity contribution in [3.8, 4) is 0 Å². The van der Waals surface area contributed by atoms with Crippen molar-refractivity contribution in [1.29, 1.82) is 0 Å². The van der Waals surface area contributed by atoms with Crippen LogP contribution in [0.2, 0.25) is 0 Å². The molecule has 4 saturated carbocycles. The highest BCUT2D eigenvalue weighted by Crippen LogP contribution is 2.71. The second-order valence-electron chi connectivity index (χ2n) is 13.2. The van der Waals surface area contributed by atoms with Crippen LogP contribution in [0.1, 0.15) is 85.5 Å². The fourth-order valence-electron chi connectivity index (χ4n) is 10.3. The van der Waals surface area contributed by atoms with Crippen LogP contribution in [0.5, 0.6) is 0 Å². The van der Waals surface area contributed by atoms with E-state index in [4.69, 9.17) is 9.47 Å². The molecule has 0 radical (unpaired) electrons. The molecule has 0 amide bonds. The van der Waals surface area contributed by atoms with Crippen molar-refractivity contribution in [2.75, 3.05) is 6.61 Å². The third-order valence-electron chi connectivity index (χ3n) is 11.9. The summed E-state index contributed by atoms with van der Waals surface area (Å²) in [5, 5.41) is 22.1. The lowest BCUT2D eigenvalue weighted by molar-refractivity contribution is -0.282. The molecule has 6 rings (SSSR count). The van der Waals surface area contributed by atoms with Gasteiger partial charge in [-0.3, -0.25) is 0 Å². The highest BCUT2D eigenvalue weighted by Gasteiger charge is 2.72. The van der Waals surface area contributed by atoms with Gasteiger partial charge < -0.3 is 19.7 Å². The summed E-state index contributed by atoms with van der Waals surface area (Å²) in [6.07, 6.45) is 9.69. The van der Waals surface area contributed by atoms with Crippen LogP contribution < -0.4 is 0 Å². The number of aliphatic hydroxyl groups is 2. The number of fused-ring (bicyclic) bond motifs is 7. The summed E-state index contributed by atoms with van der Waals surface area (Å²) in [7, 11) is 0. The van der Waals surface area contributed by atoms with Gasteiger partial charge in [0.15, 0.2) is 5.79 Å². The minimum atomic E-state index is -0.462. The van der Waals surface area contributed by atoms with Gasteiger partial charge in [-0.2, -0.15) is 0 Å². The predicted octanol–water partition coefficient (Wildman–Crippen LogP) is 4.76. The van der Waals surface area contributed by atoms with Crippen LogP contribution in [-0.2, 0) is 9.47 Å². The quantitative estimate of drug-likeness (QED) is 0.579. The molecule has 2 heterocycles. The van der Waals surface area contributed by atoms with E-state index < -0.39 is 5.79 Å². The molecule has 2 N–H and O–H groups in total. The molecule has 4 heteroatoms. The molecule has 0 aromatic rings. The Morgan fingerprint density at radius 1 is 0.839 bits per heavy atom. The summed E-state index contributed by atoms with van der Waals surface area (Å²) < 4.78 is 13.2. The van der Waals surface area contributed by atoms with E-state index in [1.165, 1.54) is 25.7 Å². The molecule has 6 fully saturated rings. The third-order valence-corrected chi connectivity index (χ3v) is 11.9. The van der Waals surface area contributed by atoms with Crippen LogP contribution >= 0.6 is 0 Å². The Bertz CT molecular complexity index is 716. The van der Waals surface area contributed by atoms with E-state index in [2.05, 4.69) is 27.7 Å². The number of rotatable bonds is 0. The molecule has 0 aromatic heterocycles. The Balaban J connectivity index is 1.30. The van der Waals surface area contributed by atoms with Gasteiger partial charge in [0.25, 0.3) is 0 Å². The Morgan fingerprint density at radius 3 is 2.35 bits per heavy atom. The highest BCUT2D eigenvalue weighted by molar-refractivity contribution is 5.18. The van der Waals surface area contributed by atoms with E-state index in [0.29, 0.717) is 46.8 Å². The zero-order valence-electron chi connectivity index (χ0n) is 20.1. The van der Waals surface area contributed by atoms with Crippen molar-refractivity contribution >= 4 is 0 Å². The largest absolute Gasteiger partial charge is 0.393 e. The molecule has 0 unspecified atom stereocenters. The van der Waals surface area contributed by atoms with E-state index in [9.17, 15) is 10.2 Å². The molecule has 1 spiro atoms. The van der Waals surface area contributed by atoms with Gasteiger partial charge in [0.1, 0.15) is 0 Å². The molecule has 31 heavy (non-hydrogen) atoms. The predicted molar refractivity (Wildman–Crippen MR) is 119 cm³/mol. The first-order chi connectivity index (χ1) is 14.7. The van der Waals surface area contributed by atoms with Gasteiger partial charge >= 0.3 is 0 Å². The highest BCUT2D eigenvalue weighted by atomic mass is 16.7. The minimum absolute atomic E-state index is 0.0594. The standard InChI is InChI=1S/C27H44O4/c1-15-7-12-27(30-14-15)16(2)21-24(31-27)23(29)22-19-6-5-17-13-18(28)8-10-25(17,3)20(19)9-11-26(21,22)4/h15-24,28-29H,5-14H2,1-4H3/t15-,16+,17+,18+,19-,20+,21+,22-,23+,24+,25+,26-,27+/m1/s1. The van der Waals surface area contributed by atoms with Gasteiger partial charge in [-0.25, -0.2) is 0 Å². The van der Waals surface area contributed by atoms with E-state index >= 15 is 0 Å². The molecular weight excluding hydrogens is 388 g/mol. The first-order valence-electron chi connectivity index (χ1n) is 13.4. The maximum Gasteiger partial charge on any atom is 0.171 e. The van der Waals surface area contributed by atoms with E-state index in [1.807, 2.05) is 0 Å². The van der Waals surface area contributed by atoms with Gasteiger partial charge in [0.2, 0.25) is 0 Å². The summed E-state index contributed by atoms with van der Waals surface area (Å²) >= 11 is 0. The van der Waals surface area contributed by atoms with E-state index in [0.717, 1.165) is 38.7 Å². The maximum atomic E-state index is 11.8. The molecule has 2 aliphatic heterocycles.